The van der Waals surface area contributed by atoms with Crippen LogP contribution < -0.4 is 0 Å². The minimum absolute atomic E-state index is 0.0769. The van der Waals surface area contributed by atoms with Crippen LogP contribution in [-0.4, -0.2) is 36.0 Å². The smallest absolute Gasteiger partial charge is 0.306 e. The van der Waals surface area contributed by atoms with E-state index in [1.165, 1.54) is 0 Å². The van der Waals surface area contributed by atoms with E-state index in [9.17, 15) is 9.59 Å². The Morgan fingerprint density at radius 1 is 1.27 bits per heavy atom. The summed E-state index contributed by atoms with van der Waals surface area (Å²) in [5, 5.41) is 0. The quantitative estimate of drug-likeness (QED) is 0.625. The molecule has 0 aliphatic heterocycles. The maximum absolute atomic E-state index is 11.7. The molecule has 4 nitrogen and oxygen atoms in total. The first-order chi connectivity index (χ1) is 7.19. The van der Waals surface area contributed by atoms with Gasteiger partial charge < -0.3 is 9.64 Å². The van der Waals surface area contributed by atoms with Crippen LogP contribution in [0.25, 0.3) is 0 Å². The Morgan fingerprint density at radius 2 is 1.93 bits per heavy atom. The van der Waals surface area contributed by atoms with Gasteiger partial charge in [0.2, 0.25) is 5.91 Å². The highest BCUT2D eigenvalue weighted by Gasteiger charge is 2.31. The summed E-state index contributed by atoms with van der Waals surface area (Å²) in [4.78, 5) is 24.6. The van der Waals surface area contributed by atoms with Crippen molar-refractivity contribution in [3.8, 4) is 0 Å². The minimum atomic E-state index is -0.280. The van der Waals surface area contributed by atoms with E-state index in [2.05, 4.69) is 0 Å². The van der Waals surface area contributed by atoms with E-state index in [1.807, 2.05) is 11.8 Å². The van der Waals surface area contributed by atoms with Crippen molar-refractivity contribution in [2.24, 2.45) is 0 Å². The van der Waals surface area contributed by atoms with Gasteiger partial charge in [0.15, 0.2) is 0 Å². The lowest BCUT2D eigenvalue weighted by atomic mass is 10.2. The molecule has 1 saturated carbocycles. The summed E-state index contributed by atoms with van der Waals surface area (Å²) in [6, 6.07) is 0.435. The minimum Gasteiger partial charge on any atom is -0.466 e. The van der Waals surface area contributed by atoms with Gasteiger partial charge in [0.1, 0.15) is 0 Å². The first kappa shape index (κ1) is 12.0. The van der Waals surface area contributed by atoms with Gasteiger partial charge in [-0.05, 0) is 26.7 Å². The summed E-state index contributed by atoms with van der Waals surface area (Å²) in [6.07, 6.45) is 2.71. The van der Waals surface area contributed by atoms with E-state index in [1.54, 1.807) is 6.92 Å². The molecule has 1 aliphatic carbocycles. The van der Waals surface area contributed by atoms with Crippen molar-refractivity contribution in [3.05, 3.63) is 0 Å². The van der Waals surface area contributed by atoms with Crippen LogP contribution in [0.3, 0.4) is 0 Å². The van der Waals surface area contributed by atoms with Gasteiger partial charge in [-0.25, -0.2) is 0 Å². The van der Waals surface area contributed by atoms with Crippen LogP contribution in [0.15, 0.2) is 0 Å². The number of rotatable bonds is 6. The zero-order valence-corrected chi connectivity index (χ0v) is 9.49. The van der Waals surface area contributed by atoms with Crippen LogP contribution in [-0.2, 0) is 14.3 Å². The molecule has 0 aromatic heterocycles. The Morgan fingerprint density at radius 3 is 2.40 bits per heavy atom. The predicted molar refractivity (Wildman–Crippen MR) is 56.3 cm³/mol. The molecule has 0 unspecified atom stereocenters. The average Bonchev–Trinajstić information content (AvgIpc) is 3.00. The van der Waals surface area contributed by atoms with Crippen LogP contribution in [0, 0.1) is 0 Å². The third kappa shape index (κ3) is 3.90. The fourth-order valence-corrected chi connectivity index (χ4v) is 1.61. The third-order valence-electron chi connectivity index (χ3n) is 2.50. The molecule has 0 spiro atoms. The van der Waals surface area contributed by atoms with Gasteiger partial charge in [-0.2, -0.15) is 0 Å². The summed E-state index contributed by atoms with van der Waals surface area (Å²) >= 11 is 0. The lowest BCUT2D eigenvalue weighted by Crippen LogP contribution is -2.33. The van der Waals surface area contributed by atoms with E-state index in [-0.39, 0.29) is 24.7 Å². The van der Waals surface area contributed by atoms with Gasteiger partial charge in [-0.15, -0.1) is 0 Å². The molecule has 1 rings (SSSR count). The van der Waals surface area contributed by atoms with Crippen molar-refractivity contribution >= 4 is 11.9 Å². The van der Waals surface area contributed by atoms with Crippen LogP contribution in [0.5, 0.6) is 0 Å². The fraction of sp³-hybridized carbons (Fsp3) is 0.818. The summed E-state index contributed by atoms with van der Waals surface area (Å²) in [5.41, 5.74) is 0. The highest BCUT2D eigenvalue weighted by atomic mass is 16.5. The predicted octanol–water partition coefficient (Wildman–Crippen LogP) is 1.34. The lowest BCUT2D eigenvalue weighted by Gasteiger charge is -2.19. The second-order valence-electron chi connectivity index (χ2n) is 3.72. The molecule has 4 heteroatoms. The molecular formula is C11H19NO3. The maximum atomic E-state index is 11.7. The monoisotopic (exact) mass is 213 g/mol. The Balaban J connectivity index is 2.24. The number of hydrogen-bond acceptors (Lipinski definition) is 3. The van der Waals surface area contributed by atoms with Crippen LogP contribution in [0.1, 0.15) is 39.5 Å². The topological polar surface area (TPSA) is 46.6 Å². The molecule has 0 atom stereocenters. The number of hydrogen-bond donors (Lipinski definition) is 0. The highest BCUT2D eigenvalue weighted by molar-refractivity contribution is 5.81. The summed E-state index contributed by atoms with van der Waals surface area (Å²) in [5.74, 6) is -0.203. The average molecular weight is 213 g/mol. The molecule has 0 bridgehead atoms. The maximum Gasteiger partial charge on any atom is 0.306 e. The molecule has 0 saturated heterocycles. The van der Waals surface area contributed by atoms with Crippen LogP contribution >= 0.6 is 0 Å². The van der Waals surface area contributed by atoms with Crippen LogP contribution in [0.2, 0.25) is 0 Å². The second-order valence-corrected chi connectivity index (χ2v) is 3.72. The van der Waals surface area contributed by atoms with Gasteiger partial charge >= 0.3 is 5.97 Å². The molecule has 0 aromatic rings. The Kier molecular flexibility index (Phi) is 4.59. The number of amides is 1. The molecule has 0 heterocycles. The van der Waals surface area contributed by atoms with E-state index >= 15 is 0 Å². The number of esters is 1. The zero-order valence-electron chi connectivity index (χ0n) is 9.49. The number of carbonyl (C=O) groups is 2. The standard InChI is InChI=1S/C11H19NO3/c1-3-12(9-5-6-9)10(13)7-8-11(14)15-4-2/h9H,3-8H2,1-2H3. The molecule has 0 aromatic carbocycles. The number of ether oxygens (including phenoxy) is 1. The van der Waals surface area contributed by atoms with Gasteiger partial charge in [0.25, 0.3) is 0 Å². The van der Waals surface area contributed by atoms with E-state index < -0.39 is 0 Å². The first-order valence-electron chi connectivity index (χ1n) is 5.64. The summed E-state index contributed by atoms with van der Waals surface area (Å²) in [6.45, 7) is 4.86. The Hall–Kier alpha value is -1.06. The second kappa shape index (κ2) is 5.73. The molecule has 15 heavy (non-hydrogen) atoms. The molecule has 1 aliphatic rings. The van der Waals surface area contributed by atoms with Gasteiger partial charge in [-0.1, -0.05) is 0 Å². The first-order valence-corrected chi connectivity index (χ1v) is 5.64. The van der Waals surface area contributed by atoms with Gasteiger partial charge in [0, 0.05) is 19.0 Å². The van der Waals surface area contributed by atoms with Crippen molar-refractivity contribution in [1.29, 1.82) is 0 Å². The van der Waals surface area contributed by atoms with E-state index in [0.29, 0.717) is 12.6 Å². The highest BCUT2D eigenvalue weighted by Crippen LogP contribution is 2.27. The lowest BCUT2D eigenvalue weighted by molar-refractivity contribution is -0.145. The van der Waals surface area contributed by atoms with E-state index in [4.69, 9.17) is 4.74 Å². The molecule has 1 fully saturated rings. The molecule has 86 valence electrons. The number of carbonyl (C=O) groups excluding carboxylic acids is 2. The zero-order chi connectivity index (χ0) is 11.3. The van der Waals surface area contributed by atoms with Crippen molar-refractivity contribution in [3.63, 3.8) is 0 Å². The molecule has 1 amide bonds. The van der Waals surface area contributed by atoms with Crippen molar-refractivity contribution < 1.29 is 14.3 Å². The van der Waals surface area contributed by atoms with Crippen molar-refractivity contribution in [2.45, 2.75) is 45.6 Å². The fourth-order valence-electron chi connectivity index (χ4n) is 1.61. The van der Waals surface area contributed by atoms with Crippen molar-refractivity contribution in [2.75, 3.05) is 13.2 Å². The molecular weight excluding hydrogens is 194 g/mol. The third-order valence-corrected chi connectivity index (χ3v) is 2.50. The Bertz CT molecular complexity index is 236. The molecule has 0 radical (unpaired) electrons. The normalized spacial score (nSPS) is 14.8. The largest absolute Gasteiger partial charge is 0.466 e. The molecule has 0 N–H and O–H groups in total. The summed E-state index contributed by atoms with van der Waals surface area (Å²) in [7, 11) is 0. The van der Waals surface area contributed by atoms with Crippen LogP contribution in [0.4, 0.5) is 0 Å². The summed E-state index contributed by atoms with van der Waals surface area (Å²) < 4.78 is 4.77. The Labute approximate surface area is 90.6 Å². The number of nitrogens with zero attached hydrogens (tertiary/aromatic N) is 1. The van der Waals surface area contributed by atoms with Gasteiger partial charge in [0.05, 0.1) is 13.0 Å². The van der Waals surface area contributed by atoms with E-state index in [0.717, 1.165) is 19.4 Å². The SMILES string of the molecule is CCOC(=O)CCC(=O)N(CC)C1CC1. The van der Waals surface area contributed by atoms with Gasteiger partial charge in [-0.3, -0.25) is 9.59 Å². The van der Waals surface area contributed by atoms with Crippen molar-refractivity contribution in [1.82, 2.24) is 4.90 Å².